The van der Waals surface area contributed by atoms with Crippen LogP contribution in [0.1, 0.15) is 58.9 Å². The van der Waals surface area contributed by atoms with Crippen LogP contribution in [0.2, 0.25) is 0 Å². The van der Waals surface area contributed by atoms with E-state index in [1.54, 1.807) is 0 Å². The quantitative estimate of drug-likeness (QED) is 0.729. The molecule has 0 fully saturated rings. The maximum Gasteiger partial charge on any atom is 0.335 e. The van der Waals surface area contributed by atoms with Gasteiger partial charge in [-0.3, -0.25) is 0 Å². The number of carboxylic acids is 2. The molecule has 0 aliphatic heterocycles. The van der Waals surface area contributed by atoms with Gasteiger partial charge in [-0.2, -0.15) is 0 Å². The molecular weight excluding hydrogens is 232 g/mol. The van der Waals surface area contributed by atoms with Gasteiger partial charge in [0.2, 0.25) is 0 Å². The molecule has 4 heteroatoms. The third-order valence-electron chi connectivity index (χ3n) is 2.88. The summed E-state index contributed by atoms with van der Waals surface area (Å²) in [6, 6.07) is 4.18. The van der Waals surface area contributed by atoms with E-state index in [0.29, 0.717) is 12.0 Å². The van der Waals surface area contributed by atoms with Crippen LogP contribution in [-0.2, 0) is 6.42 Å². The highest BCUT2D eigenvalue weighted by molar-refractivity contribution is 5.93. The van der Waals surface area contributed by atoms with Gasteiger partial charge in [0.05, 0.1) is 11.1 Å². The van der Waals surface area contributed by atoms with Gasteiger partial charge in [0, 0.05) is 0 Å². The molecule has 1 rings (SSSR count). The Kier molecular flexibility index (Phi) is 5.36. The lowest BCUT2D eigenvalue weighted by Gasteiger charge is -2.07. The molecule has 0 amide bonds. The van der Waals surface area contributed by atoms with Gasteiger partial charge in [-0.1, -0.05) is 26.2 Å². The zero-order valence-electron chi connectivity index (χ0n) is 10.5. The summed E-state index contributed by atoms with van der Waals surface area (Å²) < 4.78 is 0. The summed E-state index contributed by atoms with van der Waals surface area (Å²) in [5.41, 5.74) is 0.959. The Hall–Kier alpha value is -1.84. The van der Waals surface area contributed by atoms with Crippen LogP contribution in [0.4, 0.5) is 0 Å². The van der Waals surface area contributed by atoms with E-state index in [-0.39, 0.29) is 11.1 Å². The maximum absolute atomic E-state index is 11.0. The maximum atomic E-state index is 11.0. The molecule has 0 atom stereocenters. The molecule has 0 heterocycles. The molecule has 98 valence electrons. The topological polar surface area (TPSA) is 74.6 Å². The normalized spacial score (nSPS) is 10.3. The van der Waals surface area contributed by atoms with Crippen molar-refractivity contribution in [3.63, 3.8) is 0 Å². The van der Waals surface area contributed by atoms with E-state index >= 15 is 0 Å². The fraction of sp³-hybridized carbons (Fsp3) is 0.429. The average molecular weight is 250 g/mol. The van der Waals surface area contributed by atoms with Crippen LogP contribution in [0, 0.1) is 0 Å². The van der Waals surface area contributed by atoms with E-state index in [4.69, 9.17) is 10.2 Å². The fourth-order valence-corrected chi connectivity index (χ4v) is 1.88. The summed E-state index contributed by atoms with van der Waals surface area (Å²) in [5.74, 6) is -2.03. The molecule has 0 spiro atoms. The minimum absolute atomic E-state index is 0.144. The second-order valence-corrected chi connectivity index (χ2v) is 4.29. The summed E-state index contributed by atoms with van der Waals surface area (Å²) in [4.78, 5) is 21.9. The van der Waals surface area contributed by atoms with Gasteiger partial charge in [0.1, 0.15) is 0 Å². The number of carbonyl (C=O) groups is 2. The van der Waals surface area contributed by atoms with Gasteiger partial charge in [-0.15, -0.1) is 0 Å². The van der Waals surface area contributed by atoms with Crippen LogP contribution < -0.4 is 0 Å². The van der Waals surface area contributed by atoms with Crippen LogP contribution in [0.5, 0.6) is 0 Å². The standard InChI is InChI=1S/C14H18O4/c1-2-3-4-5-6-10-9-11(13(15)16)7-8-12(10)14(17)18/h7-9H,2-6H2,1H3,(H,15,16)(H,17,18). The number of hydrogen-bond acceptors (Lipinski definition) is 2. The van der Waals surface area contributed by atoms with Crippen molar-refractivity contribution >= 4 is 11.9 Å². The number of carboxylic acid groups (broad SMARTS) is 2. The van der Waals surface area contributed by atoms with Crippen molar-refractivity contribution in [3.8, 4) is 0 Å². The number of aryl methyl sites for hydroxylation is 1. The Balaban J connectivity index is 2.86. The van der Waals surface area contributed by atoms with Crippen molar-refractivity contribution in [2.75, 3.05) is 0 Å². The third-order valence-corrected chi connectivity index (χ3v) is 2.88. The van der Waals surface area contributed by atoms with Crippen molar-refractivity contribution < 1.29 is 19.8 Å². The van der Waals surface area contributed by atoms with Gasteiger partial charge >= 0.3 is 11.9 Å². The van der Waals surface area contributed by atoms with E-state index in [2.05, 4.69) is 6.92 Å². The van der Waals surface area contributed by atoms with Crippen LogP contribution in [-0.4, -0.2) is 22.2 Å². The SMILES string of the molecule is CCCCCCc1cc(C(=O)O)ccc1C(=O)O. The van der Waals surface area contributed by atoms with E-state index < -0.39 is 11.9 Å². The highest BCUT2D eigenvalue weighted by atomic mass is 16.4. The lowest BCUT2D eigenvalue weighted by atomic mass is 9.98. The van der Waals surface area contributed by atoms with Crippen LogP contribution in [0.3, 0.4) is 0 Å². The number of aromatic carboxylic acids is 2. The Labute approximate surface area is 106 Å². The highest BCUT2D eigenvalue weighted by Crippen LogP contribution is 2.16. The number of hydrogen-bond donors (Lipinski definition) is 2. The number of rotatable bonds is 7. The first-order valence-electron chi connectivity index (χ1n) is 6.15. The summed E-state index contributed by atoms with van der Waals surface area (Å²) in [5, 5.41) is 18.0. The number of benzene rings is 1. The first-order chi connectivity index (χ1) is 8.56. The van der Waals surface area contributed by atoms with Crippen molar-refractivity contribution in [3.05, 3.63) is 34.9 Å². The second-order valence-electron chi connectivity index (χ2n) is 4.29. The molecule has 2 N–H and O–H groups in total. The van der Waals surface area contributed by atoms with E-state index in [1.165, 1.54) is 18.2 Å². The van der Waals surface area contributed by atoms with Crippen molar-refractivity contribution in [2.45, 2.75) is 39.0 Å². The van der Waals surface area contributed by atoms with Gasteiger partial charge in [-0.25, -0.2) is 9.59 Å². The molecule has 0 saturated heterocycles. The predicted molar refractivity (Wildman–Crippen MR) is 68.2 cm³/mol. The van der Waals surface area contributed by atoms with Gasteiger partial charge in [0.15, 0.2) is 0 Å². The largest absolute Gasteiger partial charge is 0.478 e. The molecule has 0 bridgehead atoms. The van der Waals surface area contributed by atoms with Crippen LogP contribution in [0.25, 0.3) is 0 Å². The zero-order chi connectivity index (χ0) is 13.5. The lowest BCUT2D eigenvalue weighted by molar-refractivity contribution is 0.0680. The Morgan fingerprint density at radius 3 is 2.33 bits per heavy atom. The highest BCUT2D eigenvalue weighted by Gasteiger charge is 2.12. The molecule has 0 radical (unpaired) electrons. The van der Waals surface area contributed by atoms with Crippen molar-refractivity contribution in [1.82, 2.24) is 0 Å². The second kappa shape index (κ2) is 6.79. The average Bonchev–Trinajstić information content (AvgIpc) is 2.34. The fourth-order valence-electron chi connectivity index (χ4n) is 1.88. The molecule has 18 heavy (non-hydrogen) atoms. The number of unbranched alkanes of at least 4 members (excludes halogenated alkanes) is 3. The molecule has 0 aliphatic rings. The third kappa shape index (κ3) is 3.87. The van der Waals surface area contributed by atoms with Crippen LogP contribution in [0.15, 0.2) is 18.2 Å². The molecule has 0 unspecified atom stereocenters. The van der Waals surface area contributed by atoms with E-state index in [0.717, 1.165) is 25.7 Å². The molecule has 4 nitrogen and oxygen atoms in total. The van der Waals surface area contributed by atoms with E-state index in [9.17, 15) is 9.59 Å². The minimum atomic E-state index is -1.03. The minimum Gasteiger partial charge on any atom is -0.478 e. The summed E-state index contributed by atoms with van der Waals surface area (Å²) in [6.45, 7) is 2.10. The van der Waals surface area contributed by atoms with Gasteiger partial charge in [0.25, 0.3) is 0 Å². The smallest absolute Gasteiger partial charge is 0.335 e. The van der Waals surface area contributed by atoms with Crippen molar-refractivity contribution in [1.29, 1.82) is 0 Å². The molecule has 0 aliphatic carbocycles. The first-order valence-corrected chi connectivity index (χ1v) is 6.15. The predicted octanol–water partition coefficient (Wildman–Crippen LogP) is 3.21. The van der Waals surface area contributed by atoms with E-state index in [1.807, 2.05) is 0 Å². The first kappa shape index (κ1) is 14.2. The Bertz CT molecular complexity index is 437. The molecule has 0 saturated carbocycles. The van der Waals surface area contributed by atoms with Gasteiger partial charge in [-0.05, 0) is 36.6 Å². The van der Waals surface area contributed by atoms with Gasteiger partial charge < -0.3 is 10.2 Å². The zero-order valence-corrected chi connectivity index (χ0v) is 10.5. The molecular formula is C14H18O4. The molecule has 1 aromatic rings. The monoisotopic (exact) mass is 250 g/mol. The lowest BCUT2D eigenvalue weighted by Crippen LogP contribution is -2.06. The summed E-state index contributed by atoms with van der Waals surface area (Å²) in [6.07, 6.45) is 4.76. The van der Waals surface area contributed by atoms with Crippen molar-refractivity contribution in [2.24, 2.45) is 0 Å². The molecule has 1 aromatic carbocycles. The van der Waals surface area contributed by atoms with Crippen LogP contribution >= 0.6 is 0 Å². The summed E-state index contributed by atoms with van der Waals surface area (Å²) in [7, 11) is 0. The Morgan fingerprint density at radius 2 is 1.78 bits per heavy atom. The Morgan fingerprint density at radius 1 is 1.06 bits per heavy atom. The summed E-state index contributed by atoms with van der Waals surface area (Å²) >= 11 is 0. The molecule has 0 aromatic heterocycles.